The molecule has 0 radical (unpaired) electrons. The monoisotopic (exact) mass is 269 g/mol. The molecule has 0 aromatic heterocycles. The van der Waals surface area contributed by atoms with Crippen molar-refractivity contribution in [1.82, 2.24) is 15.1 Å². The van der Waals surface area contributed by atoms with Crippen LogP contribution < -0.4 is 5.32 Å². The summed E-state index contributed by atoms with van der Waals surface area (Å²) in [4.78, 5) is 27.8. The lowest BCUT2D eigenvalue weighted by Crippen LogP contribution is -2.39. The summed E-state index contributed by atoms with van der Waals surface area (Å²) in [5.74, 6) is 0.455. The van der Waals surface area contributed by atoms with E-state index in [-0.39, 0.29) is 17.7 Å². The molecular formula is C14H27N3O2. The molecule has 0 saturated carbocycles. The van der Waals surface area contributed by atoms with Gasteiger partial charge in [0.25, 0.3) is 0 Å². The normalized spacial score (nSPS) is 16.6. The molecule has 0 bridgehead atoms. The van der Waals surface area contributed by atoms with Crippen LogP contribution >= 0.6 is 0 Å². The topological polar surface area (TPSA) is 52.7 Å². The lowest BCUT2D eigenvalue weighted by atomic mass is 10.2. The number of nitrogens with zero attached hydrogens (tertiary/aromatic N) is 2. The van der Waals surface area contributed by atoms with E-state index in [9.17, 15) is 9.59 Å². The van der Waals surface area contributed by atoms with Crippen LogP contribution in [0.5, 0.6) is 0 Å². The molecule has 0 aromatic rings. The van der Waals surface area contributed by atoms with Crippen molar-refractivity contribution in [3.05, 3.63) is 0 Å². The zero-order valence-electron chi connectivity index (χ0n) is 12.4. The second kappa shape index (κ2) is 8.15. The van der Waals surface area contributed by atoms with Crippen LogP contribution in [0.1, 0.15) is 33.1 Å². The summed E-state index contributed by atoms with van der Waals surface area (Å²) in [6, 6.07) is 0. The van der Waals surface area contributed by atoms with Gasteiger partial charge in [0, 0.05) is 38.5 Å². The van der Waals surface area contributed by atoms with Gasteiger partial charge in [0.2, 0.25) is 11.8 Å². The fraction of sp³-hybridized carbons (Fsp3) is 0.857. The summed E-state index contributed by atoms with van der Waals surface area (Å²) in [6.45, 7) is 7.63. The van der Waals surface area contributed by atoms with Gasteiger partial charge in [-0.15, -0.1) is 0 Å². The second-order valence-electron chi connectivity index (χ2n) is 5.42. The van der Waals surface area contributed by atoms with Gasteiger partial charge in [-0.25, -0.2) is 0 Å². The van der Waals surface area contributed by atoms with E-state index in [1.54, 1.807) is 0 Å². The Hall–Kier alpha value is -1.10. The van der Waals surface area contributed by atoms with Crippen LogP contribution in [0.3, 0.4) is 0 Å². The molecular weight excluding hydrogens is 242 g/mol. The van der Waals surface area contributed by atoms with Gasteiger partial charge in [0.1, 0.15) is 0 Å². The van der Waals surface area contributed by atoms with Crippen LogP contribution in [-0.4, -0.2) is 61.4 Å². The van der Waals surface area contributed by atoms with Crippen molar-refractivity contribution in [1.29, 1.82) is 0 Å². The second-order valence-corrected chi connectivity index (χ2v) is 5.42. The first-order valence-electron chi connectivity index (χ1n) is 7.27. The molecule has 5 nitrogen and oxygen atoms in total. The Balaban J connectivity index is 2.41. The predicted octanol–water partition coefficient (Wildman–Crippen LogP) is 0.703. The third kappa shape index (κ3) is 5.19. The maximum atomic E-state index is 12.0. The molecule has 1 fully saturated rings. The summed E-state index contributed by atoms with van der Waals surface area (Å²) in [5.41, 5.74) is 0. The molecule has 0 spiro atoms. The highest BCUT2D eigenvalue weighted by atomic mass is 16.2. The van der Waals surface area contributed by atoms with E-state index < -0.39 is 0 Å². The summed E-state index contributed by atoms with van der Waals surface area (Å²) in [6.07, 6.45) is 2.36. The first kappa shape index (κ1) is 16.0. The van der Waals surface area contributed by atoms with Crippen LogP contribution in [0.2, 0.25) is 0 Å². The maximum Gasteiger partial charge on any atom is 0.225 e. The first-order valence-corrected chi connectivity index (χ1v) is 7.27. The molecule has 19 heavy (non-hydrogen) atoms. The number of carbonyl (C=O) groups is 2. The summed E-state index contributed by atoms with van der Waals surface area (Å²) in [5, 5.41) is 3.05. The number of carbonyl (C=O) groups excluding carboxylic acids is 2. The van der Waals surface area contributed by atoms with Crippen LogP contribution in [0.25, 0.3) is 0 Å². The lowest BCUT2D eigenvalue weighted by molar-refractivity contribution is -0.135. The minimum absolute atomic E-state index is 0.0397. The molecule has 5 heteroatoms. The van der Waals surface area contributed by atoms with E-state index in [1.165, 1.54) is 0 Å². The minimum Gasteiger partial charge on any atom is -0.341 e. The van der Waals surface area contributed by atoms with Crippen molar-refractivity contribution in [2.45, 2.75) is 33.1 Å². The van der Waals surface area contributed by atoms with E-state index >= 15 is 0 Å². The molecule has 1 aliphatic heterocycles. The van der Waals surface area contributed by atoms with E-state index in [1.807, 2.05) is 30.7 Å². The Bertz CT molecular complexity index is 305. The summed E-state index contributed by atoms with van der Waals surface area (Å²) >= 11 is 0. The third-order valence-corrected chi connectivity index (χ3v) is 3.47. The first-order chi connectivity index (χ1) is 9.06. The highest BCUT2D eigenvalue weighted by Gasteiger charge is 2.22. The van der Waals surface area contributed by atoms with Crippen molar-refractivity contribution < 1.29 is 9.59 Å². The number of rotatable bonds is 5. The van der Waals surface area contributed by atoms with Crippen molar-refractivity contribution >= 4 is 11.8 Å². The van der Waals surface area contributed by atoms with Gasteiger partial charge in [-0.1, -0.05) is 13.8 Å². The molecule has 0 aliphatic carbocycles. The fourth-order valence-electron chi connectivity index (χ4n) is 2.33. The van der Waals surface area contributed by atoms with Gasteiger partial charge in [-0.2, -0.15) is 0 Å². The van der Waals surface area contributed by atoms with E-state index in [0.29, 0.717) is 19.5 Å². The molecule has 0 aromatic carbocycles. The standard InChI is InChI=1S/C14H27N3O2/c1-12(2)14(19)17-9-5-8-16(10-11-17)13(18)6-4-7-15-3/h12,15H,4-11H2,1-3H3. The quantitative estimate of drug-likeness (QED) is 0.748. The minimum atomic E-state index is 0.0397. The van der Waals surface area contributed by atoms with Gasteiger partial charge in [-0.3, -0.25) is 9.59 Å². The van der Waals surface area contributed by atoms with Gasteiger partial charge in [-0.05, 0) is 26.4 Å². The molecule has 0 unspecified atom stereocenters. The maximum absolute atomic E-state index is 12.0. The van der Waals surface area contributed by atoms with Crippen molar-refractivity contribution in [3.8, 4) is 0 Å². The van der Waals surface area contributed by atoms with Crippen molar-refractivity contribution in [2.24, 2.45) is 5.92 Å². The Kier molecular flexibility index (Phi) is 6.84. The van der Waals surface area contributed by atoms with Crippen LogP contribution in [0, 0.1) is 5.92 Å². The Morgan fingerprint density at radius 3 is 2.37 bits per heavy atom. The Morgan fingerprint density at radius 2 is 1.74 bits per heavy atom. The molecule has 1 saturated heterocycles. The van der Waals surface area contributed by atoms with Crippen LogP contribution in [-0.2, 0) is 9.59 Å². The number of hydrogen-bond acceptors (Lipinski definition) is 3. The van der Waals surface area contributed by atoms with Crippen molar-refractivity contribution in [3.63, 3.8) is 0 Å². The van der Waals surface area contributed by atoms with Crippen molar-refractivity contribution in [2.75, 3.05) is 39.8 Å². The highest BCUT2D eigenvalue weighted by molar-refractivity contribution is 5.79. The largest absolute Gasteiger partial charge is 0.341 e. The Morgan fingerprint density at radius 1 is 1.11 bits per heavy atom. The SMILES string of the molecule is CNCCCC(=O)N1CCCN(C(=O)C(C)C)CC1. The highest BCUT2D eigenvalue weighted by Crippen LogP contribution is 2.09. The predicted molar refractivity (Wildman–Crippen MR) is 75.8 cm³/mol. The third-order valence-electron chi connectivity index (χ3n) is 3.47. The zero-order chi connectivity index (χ0) is 14.3. The smallest absolute Gasteiger partial charge is 0.225 e. The van der Waals surface area contributed by atoms with E-state index in [4.69, 9.17) is 0 Å². The van der Waals surface area contributed by atoms with Gasteiger partial charge in [0.15, 0.2) is 0 Å². The number of amides is 2. The molecule has 1 N–H and O–H groups in total. The number of hydrogen-bond donors (Lipinski definition) is 1. The zero-order valence-corrected chi connectivity index (χ0v) is 12.4. The van der Waals surface area contributed by atoms with Gasteiger partial charge < -0.3 is 15.1 Å². The van der Waals surface area contributed by atoms with Gasteiger partial charge >= 0.3 is 0 Å². The van der Waals surface area contributed by atoms with E-state index in [0.717, 1.165) is 32.5 Å². The number of nitrogens with one attached hydrogen (secondary N) is 1. The fourth-order valence-corrected chi connectivity index (χ4v) is 2.33. The molecule has 2 amide bonds. The molecule has 110 valence electrons. The average Bonchev–Trinajstić information content (AvgIpc) is 2.63. The van der Waals surface area contributed by atoms with Crippen LogP contribution in [0.15, 0.2) is 0 Å². The summed E-state index contributed by atoms with van der Waals surface area (Å²) < 4.78 is 0. The van der Waals surface area contributed by atoms with Crippen LogP contribution in [0.4, 0.5) is 0 Å². The molecule has 1 rings (SSSR count). The molecule has 1 aliphatic rings. The molecule has 1 heterocycles. The molecule has 0 atom stereocenters. The Labute approximate surface area is 116 Å². The van der Waals surface area contributed by atoms with Gasteiger partial charge in [0.05, 0.1) is 0 Å². The van der Waals surface area contributed by atoms with E-state index in [2.05, 4.69) is 5.32 Å². The lowest BCUT2D eigenvalue weighted by Gasteiger charge is -2.23. The summed E-state index contributed by atoms with van der Waals surface area (Å²) in [7, 11) is 1.89. The average molecular weight is 269 g/mol.